The number of nitrogens with zero attached hydrogens (tertiary/aromatic N) is 1. The first kappa shape index (κ1) is 10.5. The Bertz CT molecular complexity index is 479. The van der Waals surface area contributed by atoms with Gasteiger partial charge in [-0.25, -0.2) is 8.42 Å². The Balaban J connectivity index is 2.42. The van der Waals surface area contributed by atoms with Gasteiger partial charge in [0.2, 0.25) is 10.0 Å². The molecule has 0 atom stereocenters. The van der Waals surface area contributed by atoms with Gasteiger partial charge in [0.25, 0.3) is 0 Å². The molecule has 0 radical (unpaired) electrons. The molecule has 0 aromatic heterocycles. The summed E-state index contributed by atoms with van der Waals surface area (Å²) in [6, 6.07) is 5.79. The average molecular weight is 225 g/mol. The van der Waals surface area contributed by atoms with Gasteiger partial charge in [-0.2, -0.15) is 0 Å². The van der Waals surface area contributed by atoms with Gasteiger partial charge >= 0.3 is 0 Å². The average Bonchev–Trinajstić information content (AvgIpc) is 2.50. The summed E-state index contributed by atoms with van der Waals surface area (Å²) in [5.41, 5.74) is 3.13. The summed E-state index contributed by atoms with van der Waals surface area (Å²) >= 11 is 0. The van der Waals surface area contributed by atoms with E-state index >= 15 is 0 Å². The molecule has 1 aliphatic rings. The van der Waals surface area contributed by atoms with Crippen LogP contribution in [0.3, 0.4) is 0 Å². The van der Waals surface area contributed by atoms with Crippen molar-refractivity contribution >= 4 is 15.7 Å². The zero-order chi connectivity index (χ0) is 11.1. The van der Waals surface area contributed by atoms with Crippen LogP contribution in [-0.2, 0) is 10.0 Å². The van der Waals surface area contributed by atoms with Gasteiger partial charge in [0, 0.05) is 6.54 Å². The lowest BCUT2D eigenvalue weighted by Gasteiger charge is -2.17. The quantitative estimate of drug-likeness (QED) is 0.731. The Morgan fingerprint density at radius 3 is 2.47 bits per heavy atom. The predicted octanol–water partition coefficient (Wildman–Crippen LogP) is 1.84. The van der Waals surface area contributed by atoms with E-state index in [4.69, 9.17) is 0 Å². The summed E-state index contributed by atoms with van der Waals surface area (Å²) in [6.07, 6.45) is 0.731. The van der Waals surface area contributed by atoms with Gasteiger partial charge in [-0.05, 0) is 43.5 Å². The molecule has 0 unspecified atom stereocenters. The third kappa shape index (κ3) is 1.86. The number of hydrogen-bond acceptors (Lipinski definition) is 2. The van der Waals surface area contributed by atoms with E-state index in [1.54, 1.807) is 0 Å². The maximum atomic E-state index is 11.7. The molecule has 1 aliphatic heterocycles. The highest BCUT2D eigenvalue weighted by molar-refractivity contribution is 7.93. The molecule has 2 rings (SSSR count). The highest BCUT2D eigenvalue weighted by atomic mass is 32.2. The van der Waals surface area contributed by atoms with Gasteiger partial charge in [0.1, 0.15) is 0 Å². The first-order valence-corrected chi connectivity index (χ1v) is 6.69. The Morgan fingerprint density at radius 1 is 1.20 bits per heavy atom. The molecule has 0 N–H and O–H groups in total. The van der Waals surface area contributed by atoms with Gasteiger partial charge in [-0.1, -0.05) is 6.07 Å². The summed E-state index contributed by atoms with van der Waals surface area (Å²) in [4.78, 5) is 0. The lowest BCUT2D eigenvalue weighted by molar-refractivity contribution is 0.599. The number of aryl methyl sites for hydroxylation is 2. The summed E-state index contributed by atoms with van der Waals surface area (Å²) in [6.45, 7) is 4.64. The lowest BCUT2D eigenvalue weighted by Crippen LogP contribution is -2.25. The van der Waals surface area contributed by atoms with Crippen LogP contribution in [-0.4, -0.2) is 20.7 Å². The number of sulfonamides is 1. The molecule has 0 spiro atoms. The second-order valence-electron chi connectivity index (χ2n) is 4.01. The molecular formula is C11H15NO2S. The highest BCUT2D eigenvalue weighted by Crippen LogP contribution is 2.25. The zero-order valence-corrected chi connectivity index (χ0v) is 9.84. The molecule has 0 bridgehead atoms. The topological polar surface area (TPSA) is 37.4 Å². The van der Waals surface area contributed by atoms with Crippen LogP contribution in [0.1, 0.15) is 17.5 Å². The third-order valence-corrected chi connectivity index (χ3v) is 4.75. The van der Waals surface area contributed by atoms with Crippen molar-refractivity contribution in [2.24, 2.45) is 0 Å². The molecule has 0 saturated carbocycles. The number of hydrogen-bond donors (Lipinski definition) is 0. The Kier molecular flexibility index (Phi) is 2.46. The Morgan fingerprint density at radius 2 is 1.93 bits per heavy atom. The fourth-order valence-electron chi connectivity index (χ4n) is 1.81. The fourth-order valence-corrected chi connectivity index (χ4v) is 3.37. The van der Waals surface area contributed by atoms with E-state index in [9.17, 15) is 8.42 Å². The minimum absolute atomic E-state index is 0.278. The fraction of sp³-hybridized carbons (Fsp3) is 0.455. The predicted molar refractivity (Wildman–Crippen MR) is 61.7 cm³/mol. The van der Waals surface area contributed by atoms with Crippen LogP contribution in [0.2, 0.25) is 0 Å². The minimum atomic E-state index is -3.04. The van der Waals surface area contributed by atoms with Crippen LogP contribution in [0, 0.1) is 13.8 Å². The monoisotopic (exact) mass is 225 g/mol. The highest BCUT2D eigenvalue weighted by Gasteiger charge is 2.28. The molecule has 1 fully saturated rings. The Labute approximate surface area is 90.8 Å². The summed E-state index contributed by atoms with van der Waals surface area (Å²) in [5.74, 6) is 0.278. The van der Waals surface area contributed by atoms with Crippen molar-refractivity contribution in [1.29, 1.82) is 0 Å². The molecule has 3 nitrogen and oxygen atoms in total. The van der Waals surface area contributed by atoms with E-state index in [0.29, 0.717) is 6.54 Å². The van der Waals surface area contributed by atoms with Crippen LogP contribution in [0.15, 0.2) is 18.2 Å². The van der Waals surface area contributed by atoms with E-state index in [0.717, 1.165) is 17.7 Å². The maximum Gasteiger partial charge on any atom is 0.235 e. The molecule has 1 aromatic rings. The molecule has 4 heteroatoms. The summed E-state index contributed by atoms with van der Waals surface area (Å²) in [5, 5.41) is 0. The van der Waals surface area contributed by atoms with Crippen molar-refractivity contribution in [3.05, 3.63) is 29.3 Å². The van der Waals surface area contributed by atoms with E-state index < -0.39 is 10.0 Å². The van der Waals surface area contributed by atoms with Gasteiger partial charge < -0.3 is 0 Å². The first-order chi connectivity index (χ1) is 7.00. The molecule has 0 aliphatic carbocycles. The van der Waals surface area contributed by atoms with Crippen LogP contribution < -0.4 is 4.31 Å². The van der Waals surface area contributed by atoms with Gasteiger partial charge in [-0.3, -0.25) is 4.31 Å². The second-order valence-corrected chi connectivity index (χ2v) is 6.02. The van der Waals surface area contributed by atoms with Crippen LogP contribution in [0.25, 0.3) is 0 Å². The van der Waals surface area contributed by atoms with Crippen molar-refractivity contribution in [3.63, 3.8) is 0 Å². The molecule has 0 amide bonds. The lowest BCUT2D eigenvalue weighted by atomic mass is 10.1. The third-order valence-electron chi connectivity index (χ3n) is 2.88. The first-order valence-electron chi connectivity index (χ1n) is 5.08. The minimum Gasteiger partial charge on any atom is -0.270 e. The second kappa shape index (κ2) is 3.52. The van der Waals surface area contributed by atoms with E-state index in [1.165, 1.54) is 9.87 Å². The zero-order valence-electron chi connectivity index (χ0n) is 9.03. The van der Waals surface area contributed by atoms with E-state index in [1.807, 2.05) is 32.0 Å². The summed E-state index contributed by atoms with van der Waals surface area (Å²) < 4.78 is 24.9. The normalized spacial score (nSPS) is 19.5. The molecule has 1 heterocycles. The van der Waals surface area contributed by atoms with Gasteiger partial charge in [0.15, 0.2) is 0 Å². The van der Waals surface area contributed by atoms with Crippen molar-refractivity contribution in [2.75, 3.05) is 16.6 Å². The molecule has 15 heavy (non-hydrogen) atoms. The number of anilines is 1. The largest absolute Gasteiger partial charge is 0.270 e. The SMILES string of the molecule is Cc1ccc(N2CCCS2(=O)=O)cc1C. The number of rotatable bonds is 1. The summed E-state index contributed by atoms with van der Waals surface area (Å²) in [7, 11) is -3.04. The van der Waals surface area contributed by atoms with Gasteiger partial charge in [-0.15, -0.1) is 0 Å². The van der Waals surface area contributed by atoms with E-state index in [-0.39, 0.29) is 5.75 Å². The van der Waals surface area contributed by atoms with Crippen LogP contribution in [0.5, 0.6) is 0 Å². The van der Waals surface area contributed by atoms with Crippen LogP contribution in [0.4, 0.5) is 5.69 Å². The maximum absolute atomic E-state index is 11.7. The molecule has 82 valence electrons. The molecule has 1 aromatic carbocycles. The van der Waals surface area contributed by atoms with E-state index in [2.05, 4.69) is 0 Å². The molecule has 1 saturated heterocycles. The van der Waals surface area contributed by atoms with Crippen molar-refractivity contribution in [1.82, 2.24) is 0 Å². The molecular weight excluding hydrogens is 210 g/mol. The van der Waals surface area contributed by atoms with Crippen molar-refractivity contribution < 1.29 is 8.42 Å². The van der Waals surface area contributed by atoms with Crippen molar-refractivity contribution in [3.8, 4) is 0 Å². The smallest absolute Gasteiger partial charge is 0.235 e. The van der Waals surface area contributed by atoms with Crippen LogP contribution >= 0.6 is 0 Å². The standard InChI is InChI=1S/C11H15NO2S/c1-9-4-5-11(8-10(9)2)12-6-3-7-15(12,13)14/h4-5,8H,3,6-7H2,1-2H3. The van der Waals surface area contributed by atoms with Crippen molar-refractivity contribution in [2.45, 2.75) is 20.3 Å². The van der Waals surface area contributed by atoms with Gasteiger partial charge in [0.05, 0.1) is 11.4 Å². The Hall–Kier alpha value is -1.03. The number of benzene rings is 1.